The number of nitrogens with one attached hydrogen (secondary N) is 1. The lowest BCUT2D eigenvalue weighted by Crippen LogP contribution is -2.30. The molecule has 1 N–H and O–H groups in total. The van der Waals surface area contributed by atoms with Crippen molar-refractivity contribution in [3.05, 3.63) is 36.2 Å². The Morgan fingerprint density at radius 2 is 1.93 bits per heavy atom. The molecule has 1 aliphatic carbocycles. The molecule has 1 aliphatic rings. The lowest BCUT2D eigenvalue weighted by Gasteiger charge is -2.36. The first kappa shape index (κ1) is 19.8. The summed E-state index contributed by atoms with van der Waals surface area (Å²) in [4.78, 5) is 14.9. The Bertz CT molecular complexity index is 759. The number of pyridine rings is 1. The van der Waals surface area contributed by atoms with Crippen molar-refractivity contribution in [3.8, 4) is 5.75 Å². The van der Waals surface area contributed by atoms with E-state index in [-0.39, 0.29) is 0 Å². The van der Waals surface area contributed by atoms with E-state index in [0.717, 1.165) is 41.9 Å². The average Bonchev–Trinajstić information content (AvgIpc) is 2.65. The molecular formula is C23H32N2O2. The molecule has 0 aliphatic heterocycles. The zero-order valence-electron chi connectivity index (χ0n) is 16.8. The zero-order chi connectivity index (χ0) is 19.3. The number of hydrogen-bond donors (Lipinski definition) is 1. The molecule has 3 rings (SSSR count). The minimum atomic E-state index is 0.329. The van der Waals surface area contributed by atoms with Crippen molar-refractivity contribution in [2.24, 2.45) is 11.3 Å². The third kappa shape index (κ3) is 5.52. The SMILES string of the molecule is CC(C)(C)[C@H]1CC[C@H](Oc2ccc3cc(CNCCC=O)ncc3c2)CC1. The molecule has 0 amide bonds. The van der Waals surface area contributed by atoms with E-state index in [2.05, 4.69) is 55.3 Å². The maximum absolute atomic E-state index is 10.4. The molecule has 0 spiro atoms. The Hall–Kier alpha value is -1.94. The number of benzene rings is 1. The van der Waals surface area contributed by atoms with Gasteiger partial charge in [-0.05, 0) is 60.6 Å². The van der Waals surface area contributed by atoms with E-state index in [0.29, 0.717) is 31.0 Å². The van der Waals surface area contributed by atoms with Crippen molar-refractivity contribution in [2.45, 2.75) is 65.5 Å². The number of rotatable bonds is 7. The summed E-state index contributed by atoms with van der Waals surface area (Å²) in [6, 6.07) is 8.38. The van der Waals surface area contributed by atoms with Crippen molar-refractivity contribution in [2.75, 3.05) is 6.54 Å². The van der Waals surface area contributed by atoms with Gasteiger partial charge < -0.3 is 14.8 Å². The molecule has 0 bridgehead atoms. The molecule has 2 aromatic rings. The molecule has 1 saturated carbocycles. The number of ether oxygens (including phenoxy) is 1. The maximum Gasteiger partial charge on any atom is 0.121 e. The molecule has 1 aromatic heterocycles. The van der Waals surface area contributed by atoms with Gasteiger partial charge in [0, 0.05) is 31.1 Å². The van der Waals surface area contributed by atoms with Crippen LogP contribution in [0.15, 0.2) is 30.5 Å². The lowest BCUT2D eigenvalue weighted by molar-refractivity contribution is -0.107. The topological polar surface area (TPSA) is 51.2 Å². The number of aromatic nitrogens is 1. The van der Waals surface area contributed by atoms with E-state index in [1.54, 1.807) is 0 Å². The van der Waals surface area contributed by atoms with Gasteiger partial charge in [0.15, 0.2) is 0 Å². The summed E-state index contributed by atoms with van der Waals surface area (Å²) in [6.45, 7) is 8.41. The second kappa shape index (κ2) is 8.83. The molecule has 1 heterocycles. The molecule has 4 heteroatoms. The first-order valence-corrected chi connectivity index (χ1v) is 10.2. The second-order valence-electron chi connectivity index (χ2n) is 8.77. The summed E-state index contributed by atoms with van der Waals surface area (Å²) in [6.07, 6.45) is 8.50. The highest BCUT2D eigenvalue weighted by Crippen LogP contribution is 2.38. The lowest BCUT2D eigenvalue weighted by atomic mass is 9.72. The highest BCUT2D eigenvalue weighted by Gasteiger charge is 2.30. The molecule has 0 radical (unpaired) electrons. The van der Waals surface area contributed by atoms with E-state index < -0.39 is 0 Å². The Kier molecular flexibility index (Phi) is 6.48. The Morgan fingerprint density at radius 3 is 2.63 bits per heavy atom. The molecule has 146 valence electrons. The quantitative estimate of drug-likeness (QED) is 0.558. The predicted octanol–water partition coefficient (Wildman–Crippen LogP) is 4.90. The van der Waals surface area contributed by atoms with Gasteiger partial charge in [0.1, 0.15) is 12.0 Å². The minimum absolute atomic E-state index is 0.329. The highest BCUT2D eigenvalue weighted by molar-refractivity contribution is 5.83. The van der Waals surface area contributed by atoms with Crippen molar-refractivity contribution < 1.29 is 9.53 Å². The summed E-state index contributed by atoms with van der Waals surface area (Å²) in [5, 5.41) is 5.50. The second-order valence-corrected chi connectivity index (χ2v) is 8.77. The van der Waals surface area contributed by atoms with Crippen LogP contribution in [0, 0.1) is 11.3 Å². The smallest absolute Gasteiger partial charge is 0.121 e. The Balaban J connectivity index is 1.58. The van der Waals surface area contributed by atoms with Gasteiger partial charge in [0.05, 0.1) is 11.8 Å². The summed E-state index contributed by atoms with van der Waals surface area (Å²) in [5.41, 5.74) is 1.39. The number of carbonyl (C=O) groups excluding carboxylic acids is 1. The van der Waals surface area contributed by atoms with Crippen LogP contribution in [0.1, 0.15) is 58.6 Å². The largest absolute Gasteiger partial charge is 0.490 e. The Morgan fingerprint density at radius 1 is 1.15 bits per heavy atom. The number of aldehydes is 1. The van der Waals surface area contributed by atoms with Crippen molar-refractivity contribution >= 4 is 17.1 Å². The first-order chi connectivity index (χ1) is 13.0. The van der Waals surface area contributed by atoms with Gasteiger partial charge in [-0.15, -0.1) is 0 Å². The molecule has 0 atom stereocenters. The van der Waals surface area contributed by atoms with Crippen LogP contribution in [0.2, 0.25) is 0 Å². The van der Waals surface area contributed by atoms with Crippen LogP contribution < -0.4 is 10.1 Å². The maximum atomic E-state index is 10.4. The Labute approximate surface area is 162 Å². The van der Waals surface area contributed by atoms with Gasteiger partial charge in [-0.25, -0.2) is 0 Å². The fraction of sp³-hybridized carbons (Fsp3) is 0.565. The molecule has 0 unspecified atom stereocenters. The number of nitrogens with zero attached hydrogens (tertiary/aromatic N) is 1. The molecular weight excluding hydrogens is 336 g/mol. The van der Waals surface area contributed by atoms with Gasteiger partial charge in [-0.1, -0.05) is 26.8 Å². The van der Waals surface area contributed by atoms with Crippen LogP contribution in [0.4, 0.5) is 0 Å². The van der Waals surface area contributed by atoms with Crippen LogP contribution in [-0.2, 0) is 11.3 Å². The van der Waals surface area contributed by atoms with Crippen LogP contribution in [0.3, 0.4) is 0 Å². The van der Waals surface area contributed by atoms with Gasteiger partial charge in [-0.3, -0.25) is 4.98 Å². The normalized spacial score (nSPS) is 20.6. The standard InChI is InChI=1S/C23H32N2O2/c1-23(2,3)19-6-9-21(10-7-19)27-22-8-5-17-13-20(16-24-11-4-12-26)25-15-18(17)14-22/h5,8,12-15,19,21,24H,4,6-7,9-11,16H2,1-3H3/t19-,21-. The molecule has 0 saturated heterocycles. The van der Waals surface area contributed by atoms with Gasteiger partial charge in [0.25, 0.3) is 0 Å². The monoisotopic (exact) mass is 368 g/mol. The van der Waals surface area contributed by atoms with Gasteiger partial charge >= 0.3 is 0 Å². The van der Waals surface area contributed by atoms with Crippen molar-refractivity contribution in [1.82, 2.24) is 10.3 Å². The summed E-state index contributed by atoms with van der Waals surface area (Å²) < 4.78 is 6.27. The zero-order valence-corrected chi connectivity index (χ0v) is 16.8. The average molecular weight is 369 g/mol. The van der Waals surface area contributed by atoms with Crippen molar-refractivity contribution in [1.29, 1.82) is 0 Å². The van der Waals surface area contributed by atoms with Crippen LogP contribution in [0.5, 0.6) is 5.75 Å². The van der Waals surface area contributed by atoms with E-state index >= 15 is 0 Å². The van der Waals surface area contributed by atoms with Gasteiger partial charge in [0.2, 0.25) is 0 Å². The first-order valence-electron chi connectivity index (χ1n) is 10.2. The predicted molar refractivity (Wildman–Crippen MR) is 110 cm³/mol. The number of carbonyl (C=O) groups is 1. The summed E-state index contributed by atoms with van der Waals surface area (Å²) in [7, 11) is 0. The molecule has 27 heavy (non-hydrogen) atoms. The number of fused-ring (bicyclic) bond motifs is 1. The molecule has 1 aromatic carbocycles. The molecule has 1 fully saturated rings. The van der Waals surface area contributed by atoms with E-state index in [1.807, 2.05) is 6.20 Å². The summed E-state index contributed by atoms with van der Waals surface area (Å²) >= 11 is 0. The van der Waals surface area contributed by atoms with Gasteiger partial charge in [-0.2, -0.15) is 0 Å². The van der Waals surface area contributed by atoms with E-state index in [4.69, 9.17) is 4.74 Å². The number of hydrogen-bond acceptors (Lipinski definition) is 4. The summed E-state index contributed by atoms with van der Waals surface area (Å²) in [5.74, 6) is 1.75. The van der Waals surface area contributed by atoms with Crippen LogP contribution >= 0.6 is 0 Å². The minimum Gasteiger partial charge on any atom is -0.490 e. The van der Waals surface area contributed by atoms with Crippen LogP contribution in [-0.4, -0.2) is 23.9 Å². The highest BCUT2D eigenvalue weighted by atomic mass is 16.5. The molecule has 4 nitrogen and oxygen atoms in total. The van der Waals surface area contributed by atoms with E-state index in [1.165, 1.54) is 18.2 Å². The van der Waals surface area contributed by atoms with Crippen LogP contribution in [0.25, 0.3) is 10.8 Å². The third-order valence-corrected chi connectivity index (χ3v) is 5.70. The van der Waals surface area contributed by atoms with E-state index in [9.17, 15) is 4.79 Å². The fourth-order valence-electron chi connectivity index (χ4n) is 3.95. The fourth-order valence-corrected chi connectivity index (χ4v) is 3.95. The van der Waals surface area contributed by atoms with Crippen molar-refractivity contribution in [3.63, 3.8) is 0 Å². The third-order valence-electron chi connectivity index (χ3n) is 5.70.